The molecule has 0 saturated heterocycles. The number of para-hydroxylation sites is 1. The lowest BCUT2D eigenvalue weighted by Gasteiger charge is -2.15. The summed E-state index contributed by atoms with van der Waals surface area (Å²) >= 11 is 6.08. The minimum atomic E-state index is 0.408. The molecule has 1 unspecified atom stereocenters. The molecular formula is C18H15ClN2. The molecule has 1 aliphatic carbocycles. The quantitative estimate of drug-likeness (QED) is 0.754. The van der Waals surface area contributed by atoms with E-state index in [2.05, 4.69) is 46.7 Å². The van der Waals surface area contributed by atoms with Crippen LogP contribution in [-0.4, -0.2) is 11.0 Å². The highest BCUT2D eigenvalue weighted by atomic mass is 35.5. The van der Waals surface area contributed by atoms with E-state index in [0.29, 0.717) is 6.04 Å². The standard InChI is InChI=1S/C18H15ClN2/c19-15-7-6-13-10-16(11-14(13)9-15)21-17-5-1-3-12-4-2-8-20-18(12)17/h1-9,16,21H,10-11H2. The molecule has 0 spiro atoms. The molecule has 1 atom stereocenters. The van der Waals surface area contributed by atoms with Crippen molar-refractivity contribution in [3.8, 4) is 0 Å². The summed E-state index contributed by atoms with van der Waals surface area (Å²) in [4.78, 5) is 4.50. The zero-order valence-corrected chi connectivity index (χ0v) is 12.3. The Hall–Kier alpha value is -2.06. The number of fused-ring (bicyclic) bond motifs is 2. The van der Waals surface area contributed by atoms with E-state index in [1.807, 2.05) is 18.3 Å². The molecule has 3 heteroatoms. The van der Waals surface area contributed by atoms with Gasteiger partial charge in [-0.3, -0.25) is 4.98 Å². The molecule has 104 valence electrons. The van der Waals surface area contributed by atoms with Gasteiger partial charge in [0.05, 0.1) is 11.2 Å². The van der Waals surface area contributed by atoms with Gasteiger partial charge in [0.2, 0.25) is 0 Å². The number of nitrogens with zero attached hydrogens (tertiary/aromatic N) is 1. The van der Waals surface area contributed by atoms with Gasteiger partial charge in [0.1, 0.15) is 0 Å². The summed E-state index contributed by atoms with van der Waals surface area (Å²) in [5, 5.41) is 5.63. The average Bonchev–Trinajstić information content (AvgIpc) is 2.89. The van der Waals surface area contributed by atoms with E-state index in [4.69, 9.17) is 11.6 Å². The van der Waals surface area contributed by atoms with E-state index in [-0.39, 0.29) is 0 Å². The highest BCUT2D eigenvalue weighted by molar-refractivity contribution is 6.30. The molecule has 0 bridgehead atoms. The maximum Gasteiger partial charge on any atom is 0.0933 e. The number of anilines is 1. The Kier molecular flexibility index (Phi) is 3.04. The fraction of sp³-hybridized carbons (Fsp3) is 0.167. The lowest BCUT2D eigenvalue weighted by Crippen LogP contribution is -2.19. The van der Waals surface area contributed by atoms with Crippen LogP contribution in [0.2, 0.25) is 5.02 Å². The highest BCUT2D eigenvalue weighted by Gasteiger charge is 2.21. The maximum atomic E-state index is 6.08. The number of halogens is 1. The molecule has 0 fully saturated rings. The summed E-state index contributed by atoms with van der Waals surface area (Å²) in [6.07, 6.45) is 3.89. The molecule has 0 radical (unpaired) electrons. The van der Waals surface area contributed by atoms with E-state index >= 15 is 0 Å². The minimum Gasteiger partial charge on any atom is -0.380 e. The first-order chi connectivity index (χ1) is 10.3. The number of rotatable bonds is 2. The van der Waals surface area contributed by atoms with Gasteiger partial charge in [-0.2, -0.15) is 0 Å². The predicted octanol–water partition coefficient (Wildman–Crippen LogP) is 4.47. The van der Waals surface area contributed by atoms with E-state index < -0.39 is 0 Å². The van der Waals surface area contributed by atoms with Gasteiger partial charge in [-0.1, -0.05) is 35.9 Å². The van der Waals surface area contributed by atoms with Crippen molar-refractivity contribution in [1.29, 1.82) is 0 Å². The first-order valence-corrected chi connectivity index (χ1v) is 7.55. The maximum absolute atomic E-state index is 6.08. The Morgan fingerprint density at radius 1 is 1.00 bits per heavy atom. The lowest BCUT2D eigenvalue weighted by molar-refractivity contribution is 0.775. The van der Waals surface area contributed by atoms with Crippen molar-refractivity contribution in [3.63, 3.8) is 0 Å². The van der Waals surface area contributed by atoms with Gasteiger partial charge in [0, 0.05) is 22.6 Å². The van der Waals surface area contributed by atoms with E-state index in [9.17, 15) is 0 Å². The third kappa shape index (κ3) is 2.36. The van der Waals surface area contributed by atoms with Gasteiger partial charge in [-0.15, -0.1) is 0 Å². The second-order valence-corrected chi connectivity index (χ2v) is 5.98. The van der Waals surface area contributed by atoms with Crippen molar-refractivity contribution in [2.24, 2.45) is 0 Å². The van der Waals surface area contributed by atoms with Crippen LogP contribution in [0.3, 0.4) is 0 Å². The summed E-state index contributed by atoms with van der Waals surface area (Å²) in [5.41, 5.74) is 4.89. The minimum absolute atomic E-state index is 0.408. The number of pyridine rings is 1. The van der Waals surface area contributed by atoms with Crippen molar-refractivity contribution in [3.05, 3.63) is 70.9 Å². The van der Waals surface area contributed by atoms with Gasteiger partial charge < -0.3 is 5.32 Å². The third-order valence-electron chi connectivity index (χ3n) is 4.09. The van der Waals surface area contributed by atoms with Gasteiger partial charge in [-0.25, -0.2) is 0 Å². The number of hydrogen-bond acceptors (Lipinski definition) is 2. The topological polar surface area (TPSA) is 24.9 Å². The Balaban J connectivity index is 1.62. The summed E-state index contributed by atoms with van der Waals surface area (Å²) in [7, 11) is 0. The van der Waals surface area contributed by atoms with E-state index in [0.717, 1.165) is 29.1 Å². The lowest BCUT2D eigenvalue weighted by atomic mass is 10.1. The van der Waals surface area contributed by atoms with Crippen LogP contribution in [0.25, 0.3) is 10.9 Å². The monoisotopic (exact) mass is 294 g/mol. The molecule has 0 aliphatic heterocycles. The predicted molar refractivity (Wildman–Crippen MR) is 88.0 cm³/mol. The molecule has 2 nitrogen and oxygen atoms in total. The summed E-state index contributed by atoms with van der Waals surface area (Å²) in [6.45, 7) is 0. The molecule has 1 aromatic heterocycles. The van der Waals surface area contributed by atoms with E-state index in [1.54, 1.807) is 0 Å². The van der Waals surface area contributed by atoms with Crippen LogP contribution in [0, 0.1) is 0 Å². The third-order valence-corrected chi connectivity index (χ3v) is 4.33. The van der Waals surface area contributed by atoms with Gasteiger partial charge >= 0.3 is 0 Å². The summed E-state index contributed by atoms with van der Waals surface area (Å²) < 4.78 is 0. The fourth-order valence-electron chi connectivity index (χ4n) is 3.13. The van der Waals surface area contributed by atoms with Crippen molar-refractivity contribution >= 4 is 28.2 Å². The Labute approximate surface area is 128 Å². The van der Waals surface area contributed by atoms with Crippen LogP contribution < -0.4 is 5.32 Å². The fourth-order valence-corrected chi connectivity index (χ4v) is 3.32. The van der Waals surface area contributed by atoms with Crippen LogP contribution in [0.4, 0.5) is 5.69 Å². The smallest absolute Gasteiger partial charge is 0.0933 e. The van der Waals surface area contributed by atoms with Gasteiger partial charge in [0.25, 0.3) is 0 Å². The van der Waals surface area contributed by atoms with Gasteiger partial charge in [-0.05, 0) is 48.2 Å². The summed E-state index contributed by atoms with van der Waals surface area (Å²) in [5.74, 6) is 0. The zero-order chi connectivity index (χ0) is 14.2. The first kappa shape index (κ1) is 12.7. The molecule has 2 aromatic carbocycles. The number of benzene rings is 2. The Morgan fingerprint density at radius 3 is 2.81 bits per heavy atom. The number of aromatic nitrogens is 1. The van der Waals surface area contributed by atoms with Crippen molar-refractivity contribution < 1.29 is 0 Å². The van der Waals surface area contributed by atoms with Crippen molar-refractivity contribution in [2.45, 2.75) is 18.9 Å². The van der Waals surface area contributed by atoms with Crippen LogP contribution in [0.1, 0.15) is 11.1 Å². The Bertz CT molecular complexity index is 808. The first-order valence-electron chi connectivity index (χ1n) is 7.17. The van der Waals surface area contributed by atoms with Crippen molar-refractivity contribution in [2.75, 3.05) is 5.32 Å². The second kappa shape index (κ2) is 5.05. The second-order valence-electron chi connectivity index (χ2n) is 5.54. The number of nitrogens with one attached hydrogen (secondary N) is 1. The molecule has 3 aromatic rings. The molecule has 1 aliphatic rings. The summed E-state index contributed by atoms with van der Waals surface area (Å²) in [6, 6.07) is 16.9. The van der Waals surface area contributed by atoms with Crippen LogP contribution in [0.5, 0.6) is 0 Å². The van der Waals surface area contributed by atoms with Gasteiger partial charge in [0.15, 0.2) is 0 Å². The largest absolute Gasteiger partial charge is 0.380 e. The zero-order valence-electron chi connectivity index (χ0n) is 11.5. The normalized spacial score (nSPS) is 16.9. The van der Waals surface area contributed by atoms with Crippen molar-refractivity contribution in [1.82, 2.24) is 4.98 Å². The molecule has 1 heterocycles. The van der Waals surface area contributed by atoms with Crippen LogP contribution in [0.15, 0.2) is 54.7 Å². The molecule has 0 saturated carbocycles. The van der Waals surface area contributed by atoms with Crippen LogP contribution >= 0.6 is 11.6 Å². The molecular weight excluding hydrogens is 280 g/mol. The molecule has 1 N–H and O–H groups in total. The average molecular weight is 295 g/mol. The van der Waals surface area contributed by atoms with Crippen LogP contribution in [-0.2, 0) is 12.8 Å². The Morgan fingerprint density at radius 2 is 1.86 bits per heavy atom. The SMILES string of the molecule is Clc1ccc2c(c1)CC(Nc1cccc3cccnc13)C2. The molecule has 4 rings (SSSR count). The number of hydrogen-bond donors (Lipinski definition) is 1. The molecule has 21 heavy (non-hydrogen) atoms. The highest BCUT2D eigenvalue weighted by Crippen LogP contribution is 2.29. The molecule has 0 amide bonds. The van der Waals surface area contributed by atoms with E-state index in [1.165, 1.54) is 16.5 Å².